The van der Waals surface area contributed by atoms with Gasteiger partial charge in [-0.1, -0.05) is 60.4 Å². The molecule has 2 fully saturated rings. The number of rotatable bonds is 6. The molecule has 0 radical (unpaired) electrons. The first-order chi connectivity index (χ1) is 15.1. The van der Waals surface area contributed by atoms with Gasteiger partial charge in [0.1, 0.15) is 10.4 Å². The summed E-state index contributed by atoms with van der Waals surface area (Å²) in [5.74, 6) is 0.481. The third-order valence-electron chi connectivity index (χ3n) is 5.08. The summed E-state index contributed by atoms with van der Waals surface area (Å²) in [4.78, 5) is 23.1. The lowest BCUT2D eigenvalue weighted by Crippen LogP contribution is -2.46. The van der Waals surface area contributed by atoms with Gasteiger partial charge in [0.25, 0.3) is 5.91 Å². The van der Waals surface area contributed by atoms with E-state index in [2.05, 4.69) is 34.7 Å². The summed E-state index contributed by atoms with van der Waals surface area (Å²) in [5, 5.41) is 9.53. The Balaban J connectivity index is 1.45. The number of nitrogens with zero attached hydrogens (tertiary/aromatic N) is 5. The lowest BCUT2D eigenvalue weighted by Gasteiger charge is -2.34. The Kier molecular flexibility index (Phi) is 6.51. The molecule has 2 aromatic rings. The Morgan fingerprint density at radius 2 is 2.00 bits per heavy atom. The van der Waals surface area contributed by atoms with Crippen molar-refractivity contribution in [3.05, 3.63) is 65.0 Å². The summed E-state index contributed by atoms with van der Waals surface area (Å²) < 4.78 is 6.36. The molecule has 0 N–H and O–H groups in total. The fourth-order valence-corrected chi connectivity index (χ4v) is 4.77. The predicted molar refractivity (Wildman–Crippen MR) is 125 cm³/mol. The summed E-state index contributed by atoms with van der Waals surface area (Å²) in [6.07, 6.45) is 3.18. The van der Waals surface area contributed by atoms with Gasteiger partial charge in [-0.15, -0.1) is 6.58 Å². The van der Waals surface area contributed by atoms with Crippen LogP contribution in [-0.4, -0.2) is 57.7 Å². The number of aromatic nitrogens is 1. The molecule has 1 amide bonds. The molecule has 1 aromatic heterocycles. The highest BCUT2D eigenvalue weighted by atomic mass is 32.2. The van der Waals surface area contributed by atoms with E-state index in [4.69, 9.17) is 16.6 Å². The van der Waals surface area contributed by atoms with Crippen LogP contribution in [0.5, 0.6) is 0 Å². The van der Waals surface area contributed by atoms with Crippen LogP contribution in [0.1, 0.15) is 17.1 Å². The minimum absolute atomic E-state index is 0.206. The Labute approximate surface area is 190 Å². The number of thiocarbonyl (C=S) groups is 1. The van der Waals surface area contributed by atoms with Gasteiger partial charge in [-0.25, -0.2) is 0 Å². The highest BCUT2D eigenvalue weighted by molar-refractivity contribution is 8.26. The molecule has 2 aliphatic heterocycles. The van der Waals surface area contributed by atoms with Crippen LogP contribution in [0.25, 0.3) is 6.08 Å². The van der Waals surface area contributed by atoms with Gasteiger partial charge in [-0.3, -0.25) is 14.6 Å². The van der Waals surface area contributed by atoms with E-state index < -0.39 is 0 Å². The van der Waals surface area contributed by atoms with E-state index in [1.165, 1.54) is 22.2 Å². The zero-order valence-corrected chi connectivity index (χ0v) is 18.5. The van der Waals surface area contributed by atoms with E-state index in [1.54, 1.807) is 12.2 Å². The second kappa shape index (κ2) is 9.47. The standard InChI is InChI=1S/C22H21N5O2S2/c1-2-8-27-20(28)18(31-22(27)30)13-19-24-17(14-23)21(29-19)26-11-9-25(10-12-26)15-16-6-4-3-5-7-16/h2-7,13H,1,8-12,15H2/b18-13+. The van der Waals surface area contributed by atoms with Gasteiger partial charge >= 0.3 is 0 Å². The van der Waals surface area contributed by atoms with Gasteiger partial charge in [0.05, 0.1) is 4.91 Å². The third-order valence-corrected chi connectivity index (χ3v) is 6.46. The molecule has 4 rings (SSSR count). The molecule has 0 aliphatic carbocycles. The third kappa shape index (κ3) is 4.71. The molecule has 158 valence electrons. The quantitative estimate of drug-likeness (QED) is 0.376. The fraction of sp³-hybridized carbons (Fsp3) is 0.273. The van der Waals surface area contributed by atoms with Gasteiger partial charge in [0.2, 0.25) is 17.5 Å². The maximum atomic E-state index is 12.5. The maximum Gasteiger partial charge on any atom is 0.266 e. The number of hydrogen-bond donors (Lipinski definition) is 0. The molecule has 0 unspecified atom stereocenters. The van der Waals surface area contributed by atoms with Crippen LogP contribution in [0.15, 0.2) is 52.3 Å². The van der Waals surface area contributed by atoms with Gasteiger partial charge < -0.3 is 9.32 Å². The van der Waals surface area contributed by atoms with Crippen molar-refractivity contribution in [1.29, 1.82) is 5.26 Å². The number of oxazole rings is 1. The van der Waals surface area contributed by atoms with E-state index in [9.17, 15) is 10.1 Å². The predicted octanol–water partition coefficient (Wildman–Crippen LogP) is 3.26. The molecule has 2 aliphatic rings. The average molecular weight is 452 g/mol. The van der Waals surface area contributed by atoms with E-state index >= 15 is 0 Å². The molecule has 7 nitrogen and oxygen atoms in total. The molecule has 1 aromatic carbocycles. The monoisotopic (exact) mass is 451 g/mol. The summed E-state index contributed by atoms with van der Waals surface area (Å²) in [6.45, 7) is 8.09. The summed E-state index contributed by atoms with van der Waals surface area (Å²) >= 11 is 6.45. The number of nitriles is 1. The lowest BCUT2D eigenvalue weighted by atomic mass is 10.2. The molecule has 9 heteroatoms. The van der Waals surface area contributed by atoms with Gasteiger partial charge in [-0.05, 0) is 5.56 Å². The molecule has 0 bridgehead atoms. The lowest BCUT2D eigenvalue weighted by molar-refractivity contribution is -0.121. The van der Waals surface area contributed by atoms with E-state index in [0.29, 0.717) is 21.7 Å². The van der Waals surface area contributed by atoms with Crippen molar-refractivity contribution in [1.82, 2.24) is 14.8 Å². The Bertz CT molecular complexity index is 1070. The second-order valence-corrected chi connectivity index (χ2v) is 8.82. The van der Waals surface area contributed by atoms with Crippen LogP contribution in [0.3, 0.4) is 0 Å². The van der Waals surface area contributed by atoms with Crippen molar-refractivity contribution >= 4 is 46.2 Å². The molecule has 2 saturated heterocycles. The number of thioether (sulfide) groups is 1. The minimum Gasteiger partial charge on any atom is -0.420 e. The topological polar surface area (TPSA) is 76.6 Å². The molecule has 0 saturated carbocycles. The molecule has 3 heterocycles. The summed E-state index contributed by atoms with van der Waals surface area (Å²) in [6, 6.07) is 12.5. The van der Waals surface area contributed by atoms with Crippen molar-refractivity contribution in [2.24, 2.45) is 0 Å². The number of anilines is 1. The zero-order chi connectivity index (χ0) is 21.8. The number of carbonyl (C=O) groups is 1. The van der Waals surface area contributed by atoms with Gasteiger partial charge in [-0.2, -0.15) is 10.2 Å². The van der Waals surface area contributed by atoms with Crippen LogP contribution < -0.4 is 4.90 Å². The fourth-order valence-electron chi connectivity index (χ4n) is 3.53. The SMILES string of the molecule is C=CCN1C(=O)/C(=C\c2nc(C#N)c(N3CCN(Cc4ccccc4)CC3)o2)SC1=S. The number of benzene rings is 1. The largest absolute Gasteiger partial charge is 0.420 e. The Morgan fingerprint density at radius 1 is 1.26 bits per heavy atom. The summed E-state index contributed by atoms with van der Waals surface area (Å²) in [7, 11) is 0. The zero-order valence-electron chi connectivity index (χ0n) is 16.9. The van der Waals surface area contributed by atoms with Crippen molar-refractivity contribution in [3.63, 3.8) is 0 Å². The molecule has 31 heavy (non-hydrogen) atoms. The van der Waals surface area contributed by atoms with Crippen molar-refractivity contribution in [2.75, 3.05) is 37.6 Å². The molecule has 0 atom stereocenters. The first-order valence-electron chi connectivity index (χ1n) is 9.87. The Morgan fingerprint density at radius 3 is 2.68 bits per heavy atom. The second-order valence-electron chi connectivity index (χ2n) is 7.15. The van der Waals surface area contributed by atoms with Crippen LogP contribution in [-0.2, 0) is 11.3 Å². The van der Waals surface area contributed by atoms with Gasteiger partial charge in [0.15, 0.2) is 0 Å². The molecular formula is C22H21N5O2S2. The van der Waals surface area contributed by atoms with Crippen molar-refractivity contribution < 1.29 is 9.21 Å². The Hall–Kier alpha value is -2.93. The number of piperazine rings is 1. The molecular weight excluding hydrogens is 430 g/mol. The van der Waals surface area contributed by atoms with Crippen LogP contribution in [0.2, 0.25) is 0 Å². The van der Waals surface area contributed by atoms with Crippen LogP contribution in [0.4, 0.5) is 5.88 Å². The van der Waals surface area contributed by atoms with Crippen LogP contribution >= 0.6 is 24.0 Å². The van der Waals surface area contributed by atoms with Crippen molar-refractivity contribution in [2.45, 2.75) is 6.54 Å². The van der Waals surface area contributed by atoms with Gasteiger partial charge in [0, 0.05) is 45.3 Å². The highest BCUT2D eigenvalue weighted by Crippen LogP contribution is 2.33. The first-order valence-corrected chi connectivity index (χ1v) is 11.1. The van der Waals surface area contributed by atoms with Crippen LogP contribution in [0, 0.1) is 11.3 Å². The first kappa shape index (κ1) is 21.3. The average Bonchev–Trinajstić information content (AvgIpc) is 3.31. The van der Waals surface area contributed by atoms with E-state index in [-0.39, 0.29) is 17.5 Å². The summed E-state index contributed by atoms with van der Waals surface area (Å²) in [5.41, 5.74) is 1.51. The number of hydrogen-bond acceptors (Lipinski definition) is 8. The smallest absolute Gasteiger partial charge is 0.266 e. The highest BCUT2D eigenvalue weighted by Gasteiger charge is 2.32. The number of amides is 1. The van der Waals surface area contributed by atoms with Crippen molar-refractivity contribution in [3.8, 4) is 6.07 Å². The van der Waals surface area contributed by atoms with E-state index in [0.717, 1.165) is 32.7 Å². The normalized spacial score (nSPS) is 18.6. The molecule has 0 spiro atoms. The number of carbonyl (C=O) groups excluding carboxylic acids is 1. The maximum absolute atomic E-state index is 12.5. The minimum atomic E-state index is -0.206. The van der Waals surface area contributed by atoms with E-state index in [1.807, 2.05) is 23.1 Å².